The third kappa shape index (κ3) is 2.93. The Bertz CT molecular complexity index is 885. The van der Waals surface area contributed by atoms with Crippen LogP contribution in [0.1, 0.15) is 38.3 Å². The van der Waals surface area contributed by atoms with E-state index < -0.39 is 0 Å². The zero-order chi connectivity index (χ0) is 17.6. The van der Waals surface area contributed by atoms with Crippen LogP contribution in [0.4, 0.5) is 15.8 Å². The first-order valence-electron chi connectivity index (χ1n) is 8.57. The summed E-state index contributed by atoms with van der Waals surface area (Å²) in [4.78, 5) is 13.0. The molecule has 0 unspecified atom stereocenters. The average molecular weight is 336 g/mol. The van der Waals surface area contributed by atoms with Crippen LogP contribution in [0.3, 0.4) is 0 Å². The fraction of sp³-hybridized carbons (Fsp3) is 0.286. The molecule has 4 heteroatoms. The molecule has 1 atom stereocenters. The number of rotatable bonds is 1. The number of anilines is 2. The van der Waals surface area contributed by atoms with E-state index in [1.807, 2.05) is 30.3 Å². The van der Waals surface area contributed by atoms with Gasteiger partial charge in [-0.1, -0.05) is 38.1 Å². The molecule has 25 heavy (non-hydrogen) atoms. The van der Waals surface area contributed by atoms with Gasteiger partial charge in [0.05, 0.1) is 17.4 Å². The fourth-order valence-corrected chi connectivity index (χ4v) is 3.83. The van der Waals surface area contributed by atoms with Crippen molar-refractivity contribution >= 4 is 17.2 Å². The summed E-state index contributed by atoms with van der Waals surface area (Å²) in [5.74, 6) is -0.177. The van der Waals surface area contributed by atoms with Crippen LogP contribution in [0.15, 0.2) is 59.8 Å². The van der Waals surface area contributed by atoms with Crippen LogP contribution in [0.2, 0.25) is 0 Å². The highest BCUT2D eigenvalue weighted by molar-refractivity contribution is 6.01. The standard InChI is InChI=1S/C21H21FN2O/c1-21(2)11-17-19(18(25)12-21)20(13-6-5-7-14(22)10-13)24-16-9-4-3-8-15(16)23-17/h3-10,20,23-24H,11-12H2,1-2H3/t20-/m0/s1. The van der Waals surface area contributed by atoms with Crippen molar-refractivity contribution < 1.29 is 9.18 Å². The van der Waals surface area contributed by atoms with E-state index in [9.17, 15) is 9.18 Å². The minimum absolute atomic E-state index is 0.0886. The van der Waals surface area contributed by atoms with Crippen LogP contribution in [-0.4, -0.2) is 5.78 Å². The second kappa shape index (κ2) is 5.73. The summed E-state index contributed by atoms with van der Waals surface area (Å²) in [5.41, 5.74) is 4.19. The number of benzene rings is 2. The number of para-hydroxylation sites is 2. The van der Waals surface area contributed by atoms with E-state index in [1.54, 1.807) is 6.07 Å². The van der Waals surface area contributed by atoms with E-state index in [1.165, 1.54) is 12.1 Å². The number of hydrogen-bond donors (Lipinski definition) is 2. The van der Waals surface area contributed by atoms with Gasteiger partial charge in [0.15, 0.2) is 5.78 Å². The van der Waals surface area contributed by atoms with Crippen LogP contribution in [0, 0.1) is 11.2 Å². The zero-order valence-electron chi connectivity index (χ0n) is 14.4. The van der Waals surface area contributed by atoms with Gasteiger partial charge in [-0.3, -0.25) is 4.79 Å². The van der Waals surface area contributed by atoms with Gasteiger partial charge in [-0.15, -0.1) is 0 Å². The summed E-state index contributed by atoms with van der Waals surface area (Å²) >= 11 is 0. The molecule has 0 saturated carbocycles. The number of hydrogen-bond acceptors (Lipinski definition) is 3. The molecule has 0 bridgehead atoms. The Morgan fingerprint density at radius 3 is 2.56 bits per heavy atom. The Kier molecular flexibility index (Phi) is 3.64. The Morgan fingerprint density at radius 2 is 1.80 bits per heavy atom. The van der Waals surface area contributed by atoms with Crippen molar-refractivity contribution in [2.45, 2.75) is 32.7 Å². The molecule has 2 aliphatic rings. The molecule has 2 aromatic carbocycles. The van der Waals surface area contributed by atoms with Gasteiger partial charge in [0.2, 0.25) is 0 Å². The molecule has 0 radical (unpaired) electrons. The van der Waals surface area contributed by atoms with E-state index in [4.69, 9.17) is 0 Å². The monoisotopic (exact) mass is 336 g/mol. The number of Topliss-reactive ketones (excluding diaryl/α,β-unsaturated/α-hetero) is 1. The van der Waals surface area contributed by atoms with Gasteiger partial charge < -0.3 is 10.6 Å². The lowest BCUT2D eigenvalue weighted by Gasteiger charge is -2.34. The van der Waals surface area contributed by atoms with E-state index in [0.717, 1.165) is 34.6 Å². The lowest BCUT2D eigenvalue weighted by atomic mass is 9.73. The summed E-state index contributed by atoms with van der Waals surface area (Å²) in [6, 6.07) is 14.0. The Labute approximate surface area is 146 Å². The molecule has 0 aromatic heterocycles. The molecule has 0 fully saturated rings. The van der Waals surface area contributed by atoms with Gasteiger partial charge in [0.1, 0.15) is 5.82 Å². The van der Waals surface area contributed by atoms with Crippen LogP contribution in [0.25, 0.3) is 0 Å². The Morgan fingerprint density at radius 1 is 1.04 bits per heavy atom. The SMILES string of the molecule is CC1(C)CC(=O)C2=C(C1)Nc1ccccc1N[C@H]2c1cccc(F)c1. The van der Waals surface area contributed by atoms with Crippen LogP contribution >= 0.6 is 0 Å². The van der Waals surface area contributed by atoms with E-state index in [2.05, 4.69) is 24.5 Å². The molecule has 0 spiro atoms. The molecule has 3 nitrogen and oxygen atoms in total. The average Bonchev–Trinajstić information content (AvgIpc) is 2.70. The third-order valence-corrected chi connectivity index (χ3v) is 4.90. The van der Waals surface area contributed by atoms with Crippen molar-refractivity contribution in [2.24, 2.45) is 5.41 Å². The highest BCUT2D eigenvalue weighted by atomic mass is 19.1. The summed E-state index contributed by atoms with van der Waals surface area (Å²) in [5, 5.41) is 6.92. The molecule has 128 valence electrons. The molecule has 1 aliphatic carbocycles. The third-order valence-electron chi connectivity index (χ3n) is 4.90. The molecular weight excluding hydrogens is 315 g/mol. The van der Waals surface area contributed by atoms with Crippen LogP contribution < -0.4 is 10.6 Å². The Hall–Kier alpha value is -2.62. The summed E-state index contributed by atoms with van der Waals surface area (Å²) in [6.45, 7) is 4.22. The second-order valence-corrected chi connectivity index (χ2v) is 7.64. The number of carbonyl (C=O) groups excluding carboxylic acids is 1. The highest BCUT2D eigenvalue weighted by Crippen LogP contribution is 2.45. The van der Waals surface area contributed by atoms with Gasteiger partial charge in [-0.05, 0) is 41.7 Å². The van der Waals surface area contributed by atoms with Gasteiger partial charge in [0, 0.05) is 17.7 Å². The number of fused-ring (bicyclic) bond motifs is 1. The summed E-state index contributed by atoms with van der Waals surface area (Å²) in [6.07, 6.45) is 1.28. The molecular formula is C21H21FN2O. The van der Waals surface area contributed by atoms with Crippen molar-refractivity contribution in [2.75, 3.05) is 10.6 Å². The maximum absolute atomic E-state index is 13.8. The smallest absolute Gasteiger partial charge is 0.163 e. The fourth-order valence-electron chi connectivity index (χ4n) is 3.83. The predicted molar refractivity (Wildman–Crippen MR) is 97.9 cm³/mol. The highest BCUT2D eigenvalue weighted by Gasteiger charge is 2.38. The molecule has 4 rings (SSSR count). The topological polar surface area (TPSA) is 41.1 Å². The molecule has 2 N–H and O–H groups in total. The van der Waals surface area contributed by atoms with Crippen LogP contribution in [0.5, 0.6) is 0 Å². The van der Waals surface area contributed by atoms with Crippen molar-refractivity contribution in [3.63, 3.8) is 0 Å². The lowest BCUT2D eigenvalue weighted by Crippen LogP contribution is -2.31. The zero-order valence-corrected chi connectivity index (χ0v) is 14.4. The van der Waals surface area contributed by atoms with Crippen molar-refractivity contribution in [3.05, 3.63) is 71.2 Å². The number of ketones is 1. The van der Waals surface area contributed by atoms with E-state index in [-0.39, 0.29) is 23.1 Å². The molecule has 1 heterocycles. The van der Waals surface area contributed by atoms with Crippen molar-refractivity contribution in [1.82, 2.24) is 0 Å². The van der Waals surface area contributed by atoms with Crippen molar-refractivity contribution in [1.29, 1.82) is 0 Å². The second-order valence-electron chi connectivity index (χ2n) is 7.64. The molecule has 2 aromatic rings. The predicted octanol–water partition coefficient (Wildman–Crippen LogP) is 5.05. The number of halogens is 1. The van der Waals surface area contributed by atoms with E-state index >= 15 is 0 Å². The molecule has 1 aliphatic heterocycles. The summed E-state index contributed by atoms with van der Waals surface area (Å²) in [7, 11) is 0. The lowest BCUT2D eigenvalue weighted by molar-refractivity contribution is -0.118. The summed E-state index contributed by atoms with van der Waals surface area (Å²) < 4.78 is 13.8. The van der Waals surface area contributed by atoms with Gasteiger partial charge >= 0.3 is 0 Å². The number of nitrogens with one attached hydrogen (secondary N) is 2. The first kappa shape index (κ1) is 15.9. The number of allylic oxidation sites excluding steroid dienone is 1. The van der Waals surface area contributed by atoms with E-state index in [0.29, 0.717) is 6.42 Å². The molecule has 0 amide bonds. The maximum Gasteiger partial charge on any atom is 0.163 e. The minimum atomic E-state index is -0.356. The number of carbonyl (C=O) groups is 1. The van der Waals surface area contributed by atoms with Gasteiger partial charge in [0.25, 0.3) is 0 Å². The van der Waals surface area contributed by atoms with Gasteiger partial charge in [-0.25, -0.2) is 4.39 Å². The first-order chi connectivity index (χ1) is 11.9. The quantitative estimate of drug-likeness (QED) is 0.766. The first-order valence-corrected chi connectivity index (χ1v) is 8.57. The van der Waals surface area contributed by atoms with Crippen LogP contribution in [-0.2, 0) is 4.79 Å². The molecule has 0 saturated heterocycles. The van der Waals surface area contributed by atoms with Gasteiger partial charge in [-0.2, -0.15) is 0 Å². The normalized spacial score (nSPS) is 21.6. The maximum atomic E-state index is 13.8. The Balaban J connectivity index is 1.90. The largest absolute Gasteiger partial charge is 0.372 e. The minimum Gasteiger partial charge on any atom is -0.372 e. The van der Waals surface area contributed by atoms with Crippen molar-refractivity contribution in [3.8, 4) is 0 Å².